The minimum Gasteiger partial charge on any atom is -0.505 e. The third-order valence-electron chi connectivity index (χ3n) is 7.83. The third kappa shape index (κ3) is 7.02. The van der Waals surface area contributed by atoms with Gasteiger partial charge in [-0.05, 0) is 85.5 Å². The summed E-state index contributed by atoms with van der Waals surface area (Å²) in [5.74, 6) is -0.488. The summed E-state index contributed by atoms with van der Waals surface area (Å²) in [5, 5.41) is 18.8. The zero-order valence-electron chi connectivity index (χ0n) is 24.3. The lowest BCUT2D eigenvalue weighted by Gasteiger charge is -2.22. The van der Waals surface area contributed by atoms with Gasteiger partial charge in [0.05, 0.1) is 26.6 Å². The predicted molar refractivity (Wildman–Crippen MR) is 168 cm³/mol. The van der Waals surface area contributed by atoms with Crippen LogP contribution < -0.4 is 4.72 Å². The Morgan fingerprint density at radius 1 is 0.756 bits per heavy atom. The molecule has 4 aromatic rings. The lowest BCUT2D eigenvalue weighted by molar-refractivity contribution is 0.443. The molecular weight excluding hydrogens is 643 g/mol. The van der Waals surface area contributed by atoms with E-state index in [1.807, 2.05) is 12.1 Å². The first-order valence-corrected chi connectivity index (χ1v) is 18.3. The molecule has 0 unspecified atom stereocenters. The average molecular weight is 674 g/mol. The van der Waals surface area contributed by atoms with Crippen molar-refractivity contribution in [1.82, 2.24) is 0 Å². The normalized spacial score (nSPS) is 15.1. The van der Waals surface area contributed by atoms with Gasteiger partial charge in [0, 0.05) is 0 Å². The number of hydrogen-bond donors (Lipinski definition) is 4. The molecule has 15 heteroatoms. The van der Waals surface area contributed by atoms with E-state index in [2.05, 4.69) is 15.0 Å². The second-order valence-corrected chi connectivity index (χ2v) is 15.6. The first-order valence-electron chi connectivity index (χ1n) is 13.9. The first-order chi connectivity index (χ1) is 21.0. The summed E-state index contributed by atoms with van der Waals surface area (Å²) in [6.45, 7) is 3.56. The molecule has 0 saturated heterocycles. The largest absolute Gasteiger partial charge is 0.505 e. The minimum atomic E-state index is -5.09. The maximum Gasteiger partial charge on any atom is 0.296 e. The van der Waals surface area contributed by atoms with E-state index in [1.165, 1.54) is 18.6 Å². The zero-order valence-corrected chi connectivity index (χ0v) is 26.7. The number of anilines is 1. The van der Waals surface area contributed by atoms with Crippen LogP contribution in [0.2, 0.25) is 0 Å². The van der Waals surface area contributed by atoms with E-state index >= 15 is 0 Å². The summed E-state index contributed by atoms with van der Waals surface area (Å²) in [7, 11) is -14.4. The van der Waals surface area contributed by atoms with Crippen LogP contribution in [0.3, 0.4) is 0 Å². The minimum absolute atomic E-state index is 0.195. The SMILES string of the molecule is Cc1ccc(S(=O)(=O)Nc2cc(S(=O)(=O)O)cc3cc(S(=O)(=O)O)c(N=Nc4ccc(C5CCCCC5)cc4C)c(O)c23)cc1. The molecule has 4 aromatic carbocycles. The molecule has 5 rings (SSSR count). The fourth-order valence-corrected chi connectivity index (χ4v) is 7.75. The summed E-state index contributed by atoms with van der Waals surface area (Å²) in [4.78, 5) is -1.92. The molecule has 0 spiro atoms. The van der Waals surface area contributed by atoms with Crippen molar-refractivity contribution in [2.24, 2.45) is 10.2 Å². The molecule has 1 fully saturated rings. The topological polar surface area (TPSA) is 200 Å². The number of rotatable bonds is 8. The number of phenols is 1. The van der Waals surface area contributed by atoms with Crippen molar-refractivity contribution in [3.63, 3.8) is 0 Å². The van der Waals surface area contributed by atoms with Crippen LogP contribution in [0.15, 0.2) is 85.6 Å². The molecule has 1 saturated carbocycles. The molecule has 1 aliphatic carbocycles. The zero-order chi connectivity index (χ0) is 32.7. The second-order valence-electron chi connectivity index (χ2n) is 11.1. The predicted octanol–water partition coefficient (Wildman–Crippen LogP) is 6.92. The molecule has 238 valence electrons. The van der Waals surface area contributed by atoms with Crippen molar-refractivity contribution in [2.75, 3.05) is 4.72 Å². The Balaban J connectivity index is 1.68. The smallest absolute Gasteiger partial charge is 0.296 e. The van der Waals surface area contributed by atoms with Crippen LogP contribution in [0.4, 0.5) is 17.1 Å². The summed E-state index contributed by atoms with van der Waals surface area (Å²) in [5.41, 5.74) is 1.80. The molecule has 0 amide bonds. The maximum absolute atomic E-state index is 13.2. The maximum atomic E-state index is 13.2. The summed E-state index contributed by atoms with van der Waals surface area (Å²) in [6, 6.07) is 13.7. The van der Waals surface area contributed by atoms with E-state index in [9.17, 15) is 39.5 Å². The molecule has 4 N–H and O–H groups in total. The Labute approximate surface area is 261 Å². The molecule has 1 aliphatic rings. The van der Waals surface area contributed by atoms with Crippen LogP contribution in [-0.2, 0) is 30.3 Å². The molecule has 0 heterocycles. The molecule has 0 radical (unpaired) electrons. The average Bonchev–Trinajstić information content (AvgIpc) is 2.96. The van der Waals surface area contributed by atoms with E-state index in [1.54, 1.807) is 32.0 Å². The standard InChI is InChI=1S/C30H31N3O9S3/c1-18-8-11-23(12-9-18)43(35,36)33-26-17-24(44(37,38)39)15-22-16-27(45(40,41)42)29(30(34)28(22)26)32-31-25-13-10-21(14-19(25)2)20-6-4-3-5-7-20/h8-17,20,33-34H,3-7H2,1-2H3,(H,37,38,39)(H,40,41,42). The molecule has 45 heavy (non-hydrogen) atoms. The van der Waals surface area contributed by atoms with Gasteiger partial charge in [0.15, 0.2) is 5.75 Å². The number of phenolic OH excluding ortho intramolecular Hbond substituents is 1. The lowest BCUT2D eigenvalue weighted by Crippen LogP contribution is -2.14. The number of sulfonamides is 1. The molecule has 0 bridgehead atoms. The van der Waals surface area contributed by atoms with Crippen molar-refractivity contribution in [2.45, 2.75) is 66.6 Å². The van der Waals surface area contributed by atoms with Gasteiger partial charge in [-0.2, -0.15) is 21.9 Å². The summed E-state index contributed by atoms with van der Waals surface area (Å²) >= 11 is 0. The number of aryl methyl sites for hydroxylation is 2. The van der Waals surface area contributed by atoms with Gasteiger partial charge in [-0.15, -0.1) is 5.11 Å². The van der Waals surface area contributed by atoms with Gasteiger partial charge in [-0.25, -0.2) is 8.42 Å². The van der Waals surface area contributed by atoms with E-state index < -0.39 is 57.2 Å². The number of hydrogen-bond acceptors (Lipinski definition) is 9. The Kier molecular flexibility index (Phi) is 8.76. The number of aromatic hydroxyl groups is 1. The first kappa shape index (κ1) is 32.5. The second kappa shape index (κ2) is 12.1. The van der Waals surface area contributed by atoms with Crippen molar-refractivity contribution >= 4 is 58.1 Å². The van der Waals surface area contributed by atoms with Gasteiger partial charge in [0.25, 0.3) is 30.3 Å². The highest BCUT2D eigenvalue weighted by atomic mass is 32.2. The van der Waals surface area contributed by atoms with E-state index in [-0.39, 0.29) is 15.7 Å². The highest BCUT2D eigenvalue weighted by Crippen LogP contribution is 2.46. The van der Waals surface area contributed by atoms with Gasteiger partial charge < -0.3 is 5.11 Å². The Hall–Kier alpha value is -3.89. The summed E-state index contributed by atoms with van der Waals surface area (Å²) in [6.07, 6.45) is 5.68. The summed E-state index contributed by atoms with van der Waals surface area (Å²) < 4.78 is 97.4. The monoisotopic (exact) mass is 673 g/mol. The highest BCUT2D eigenvalue weighted by Gasteiger charge is 2.27. The van der Waals surface area contributed by atoms with E-state index in [0.29, 0.717) is 11.6 Å². The van der Waals surface area contributed by atoms with Gasteiger partial charge in [-0.1, -0.05) is 49.1 Å². The number of nitrogens with one attached hydrogen (secondary N) is 1. The van der Waals surface area contributed by atoms with Crippen molar-refractivity contribution in [1.29, 1.82) is 0 Å². The molecule has 0 aromatic heterocycles. The highest BCUT2D eigenvalue weighted by molar-refractivity contribution is 7.92. The molecule has 0 atom stereocenters. The molecule has 12 nitrogen and oxygen atoms in total. The van der Waals surface area contributed by atoms with Gasteiger partial charge in [-0.3, -0.25) is 13.8 Å². The van der Waals surface area contributed by atoms with Crippen LogP contribution in [0, 0.1) is 13.8 Å². The van der Waals surface area contributed by atoms with E-state index in [4.69, 9.17) is 0 Å². The number of fused-ring (bicyclic) bond motifs is 1. The van der Waals surface area contributed by atoms with E-state index in [0.717, 1.165) is 60.6 Å². The van der Waals surface area contributed by atoms with Gasteiger partial charge in [0.2, 0.25) is 0 Å². The Morgan fingerprint density at radius 3 is 2.02 bits per heavy atom. The third-order valence-corrected chi connectivity index (χ3v) is 10.9. The van der Waals surface area contributed by atoms with Crippen molar-refractivity contribution in [3.05, 3.63) is 77.4 Å². The van der Waals surface area contributed by atoms with Crippen LogP contribution in [-0.4, -0.2) is 39.5 Å². The van der Waals surface area contributed by atoms with Crippen LogP contribution >= 0.6 is 0 Å². The number of nitrogens with zero attached hydrogens (tertiary/aromatic N) is 2. The fourth-order valence-electron chi connectivity index (χ4n) is 5.49. The molecular formula is C30H31N3O9S3. The quantitative estimate of drug-likeness (QED) is 0.113. The van der Waals surface area contributed by atoms with Crippen LogP contribution in [0.5, 0.6) is 5.75 Å². The molecule has 0 aliphatic heterocycles. The van der Waals surface area contributed by atoms with Gasteiger partial charge in [0.1, 0.15) is 10.6 Å². The Bertz CT molecular complexity index is 2160. The number of azo groups is 1. The van der Waals surface area contributed by atoms with Crippen LogP contribution in [0.1, 0.15) is 54.7 Å². The fraction of sp³-hybridized carbons (Fsp3) is 0.267. The number of benzene rings is 4. The van der Waals surface area contributed by atoms with Crippen molar-refractivity contribution in [3.8, 4) is 5.75 Å². The Morgan fingerprint density at radius 2 is 1.42 bits per heavy atom. The lowest BCUT2D eigenvalue weighted by atomic mass is 9.83. The van der Waals surface area contributed by atoms with Crippen molar-refractivity contribution < 1.29 is 39.5 Å². The van der Waals surface area contributed by atoms with Crippen LogP contribution in [0.25, 0.3) is 10.8 Å². The van der Waals surface area contributed by atoms with Gasteiger partial charge >= 0.3 is 0 Å².